The number of aliphatic hydroxyl groups is 1. The van der Waals surface area contributed by atoms with Gasteiger partial charge >= 0.3 is 5.69 Å². The van der Waals surface area contributed by atoms with Crippen molar-refractivity contribution in [3.63, 3.8) is 0 Å². The number of nitrogens with two attached hydrogens (primary N) is 1. The zero-order chi connectivity index (χ0) is 18.4. The third-order valence-electron chi connectivity index (χ3n) is 3.56. The third-order valence-corrected chi connectivity index (χ3v) is 3.56. The summed E-state index contributed by atoms with van der Waals surface area (Å²) < 4.78 is 10.8. The van der Waals surface area contributed by atoms with Gasteiger partial charge < -0.3 is 30.5 Å². The number of ether oxygens (including phenoxy) is 2. The second-order valence-corrected chi connectivity index (χ2v) is 5.79. The molecular formula is C14H24N6O5. The van der Waals surface area contributed by atoms with Crippen LogP contribution in [0.3, 0.4) is 0 Å². The summed E-state index contributed by atoms with van der Waals surface area (Å²) in [7, 11) is 0. The molecule has 2 rings (SSSR count). The molecule has 0 aromatic carbocycles. The molecule has 0 radical (unpaired) electrons. The minimum atomic E-state index is -0.566. The summed E-state index contributed by atoms with van der Waals surface area (Å²) in [6, 6.07) is 0. The van der Waals surface area contributed by atoms with E-state index in [1.54, 1.807) is 4.90 Å². The monoisotopic (exact) mass is 356 g/mol. The lowest BCUT2D eigenvalue weighted by Gasteiger charge is -2.35. The summed E-state index contributed by atoms with van der Waals surface area (Å²) in [5.41, 5.74) is 5.49. The molecule has 1 aromatic rings. The van der Waals surface area contributed by atoms with Crippen LogP contribution in [-0.4, -0.2) is 71.7 Å². The SMILES string of the molecule is C[C@@H]1CN(c2nc(NCCOCCO)nc(N)c2[N+](=O)[O-])C[C@@H](C)O1. The van der Waals surface area contributed by atoms with Crippen LogP contribution >= 0.6 is 0 Å². The number of hydrogen-bond acceptors (Lipinski definition) is 10. The molecule has 25 heavy (non-hydrogen) atoms. The Bertz CT molecular complexity index is 591. The zero-order valence-corrected chi connectivity index (χ0v) is 14.3. The van der Waals surface area contributed by atoms with Crippen molar-refractivity contribution in [2.24, 2.45) is 0 Å². The smallest absolute Gasteiger partial charge is 0.353 e. The van der Waals surface area contributed by atoms with Gasteiger partial charge in [0.15, 0.2) is 0 Å². The van der Waals surface area contributed by atoms with Crippen LogP contribution < -0.4 is 16.0 Å². The average molecular weight is 356 g/mol. The summed E-state index contributed by atoms with van der Waals surface area (Å²) in [5.74, 6) is 0.177. The van der Waals surface area contributed by atoms with Crippen molar-refractivity contribution in [2.75, 3.05) is 55.4 Å². The highest BCUT2D eigenvalue weighted by Gasteiger charge is 2.31. The number of aliphatic hydroxyl groups excluding tert-OH is 1. The second-order valence-electron chi connectivity index (χ2n) is 5.79. The van der Waals surface area contributed by atoms with Crippen LogP contribution in [0, 0.1) is 10.1 Å². The second kappa shape index (κ2) is 8.74. The topological polar surface area (TPSA) is 149 Å². The molecule has 4 N–H and O–H groups in total. The molecule has 1 saturated heterocycles. The van der Waals surface area contributed by atoms with E-state index in [0.29, 0.717) is 26.2 Å². The van der Waals surface area contributed by atoms with Gasteiger partial charge in [0.05, 0.1) is 37.0 Å². The van der Waals surface area contributed by atoms with E-state index >= 15 is 0 Å². The van der Waals surface area contributed by atoms with Crippen molar-refractivity contribution in [1.29, 1.82) is 0 Å². The predicted octanol–water partition coefficient (Wildman–Crippen LogP) is 0.00140. The lowest BCUT2D eigenvalue weighted by molar-refractivity contribution is -0.383. The minimum absolute atomic E-state index is 0.0570. The minimum Gasteiger partial charge on any atom is -0.394 e. The van der Waals surface area contributed by atoms with Crippen LogP contribution in [0.4, 0.5) is 23.3 Å². The summed E-state index contributed by atoms with van der Waals surface area (Å²) in [5, 5.41) is 23.0. The average Bonchev–Trinajstić information content (AvgIpc) is 2.52. The van der Waals surface area contributed by atoms with Crippen LogP contribution in [0.25, 0.3) is 0 Å². The lowest BCUT2D eigenvalue weighted by atomic mass is 10.2. The van der Waals surface area contributed by atoms with E-state index in [1.165, 1.54) is 0 Å². The van der Waals surface area contributed by atoms with Crippen molar-refractivity contribution in [3.8, 4) is 0 Å². The maximum absolute atomic E-state index is 11.4. The maximum atomic E-state index is 11.4. The number of anilines is 3. The molecular weight excluding hydrogens is 332 g/mol. The molecule has 0 bridgehead atoms. The first-order valence-corrected chi connectivity index (χ1v) is 8.07. The molecule has 1 aliphatic heterocycles. The van der Waals surface area contributed by atoms with E-state index in [-0.39, 0.29) is 48.7 Å². The largest absolute Gasteiger partial charge is 0.394 e. The molecule has 11 nitrogen and oxygen atoms in total. The van der Waals surface area contributed by atoms with Crippen LogP contribution in [0.2, 0.25) is 0 Å². The molecule has 11 heteroatoms. The summed E-state index contributed by atoms with van der Waals surface area (Å²) >= 11 is 0. The summed E-state index contributed by atoms with van der Waals surface area (Å²) in [6.07, 6.45) is -0.161. The molecule has 1 fully saturated rings. The van der Waals surface area contributed by atoms with Gasteiger partial charge in [-0.3, -0.25) is 10.1 Å². The van der Waals surface area contributed by atoms with Crippen LogP contribution in [0.15, 0.2) is 0 Å². The highest BCUT2D eigenvalue weighted by atomic mass is 16.6. The Morgan fingerprint density at radius 1 is 1.40 bits per heavy atom. The lowest BCUT2D eigenvalue weighted by Crippen LogP contribution is -2.46. The van der Waals surface area contributed by atoms with Gasteiger partial charge in [-0.2, -0.15) is 9.97 Å². The fourth-order valence-corrected chi connectivity index (χ4v) is 2.69. The Morgan fingerprint density at radius 3 is 2.68 bits per heavy atom. The number of nitrogens with one attached hydrogen (secondary N) is 1. The number of nitro groups is 1. The molecule has 0 unspecified atom stereocenters. The van der Waals surface area contributed by atoms with Gasteiger partial charge in [-0.25, -0.2) is 0 Å². The van der Waals surface area contributed by atoms with E-state index < -0.39 is 4.92 Å². The first kappa shape index (κ1) is 19.1. The normalized spacial score (nSPS) is 20.5. The van der Waals surface area contributed by atoms with Gasteiger partial charge in [0.2, 0.25) is 17.6 Å². The number of nitrogen functional groups attached to an aromatic ring is 1. The van der Waals surface area contributed by atoms with Crippen LogP contribution in [0.1, 0.15) is 13.8 Å². The van der Waals surface area contributed by atoms with Gasteiger partial charge in [0.25, 0.3) is 0 Å². The number of morpholine rings is 1. The highest BCUT2D eigenvalue weighted by Crippen LogP contribution is 2.33. The van der Waals surface area contributed by atoms with Gasteiger partial charge in [0.1, 0.15) is 0 Å². The Balaban J connectivity index is 2.21. The number of hydrogen-bond donors (Lipinski definition) is 3. The Labute approximate surface area is 145 Å². The summed E-state index contributed by atoms with van der Waals surface area (Å²) in [6.45, 7) is 5.64. The molecule has 0 saturated carbocycles. The molecule has 1 aliphatic rings. The van der Waals surface area contributed by atoms with Crippen molar-refractivity contribution in [2.45, 2.75) is 26.1 Å². The van der Waals surface area contributed by atoms with E-state index in [9.17, 15) is 10.1 Å². The third kappa shape index (κ3) is 5.11. The molecule has 0 amide bonds. The fourth-order valence-electron chi connectivity index (χ4n) is 2.69. The first-order valence-electron chi connectivity index (χ1n) is 8.07. The van der Waals surface area contributed by atoms with Gasteiger partial charge in [-0.15, -0.1) is 0 Å². The summed E-state index contributed by atoms with van der Waals surface area (Å²) in [4.78, 5) is 20.9. The van der Waals surface area contributed by atoms with Crippen molar-refractivity contribution >= 4 is 23.3 Å². The van der Waals surface area contributed by atoms with Crippen LogP contribution in [0.5, 0.6) is 0 Å². The Morgan fingerprint density at radius 2 is 2.08 bits per heavy atom. The Kier molecular flexibility index (Phi) is 6.67. The molecule has 140 valence electrons. The van der Waals surface area contributed by atoms with E-state index in [1.807, 2.05) is 13.8 Å². The van der Waals surface area contributed by atoms with E-state index in [2.05, 4.69) is 15.3 Å². The quantitative estimate of drug-likeness (QED) is 0.330. The van der Waals surface area contributed by atoms with E-state index in [0.717, 1.165) is 0 Å². The molecule has 1 aromatic heterocycles. The zero-order valence-electron chi connectivity index (χ0n) is 14.3. The molecule has 0 aliphatic carbocycles. The van der Waals surface area contributed by atoms with Crippen LogP contribution in [-0.2, 0) is 9.47 Å². The fraction of sp³-hybridized carbons (Fsp3) is 0.714. The van der Waals surface area contributed by atoms with Gasteiger partial charge in [-0.05, 0) is 13.8 Å². The first-order chi connectivity index (χ1) is 11.9. The standard InChI is InChI=1S/C14H24N6O5/c1-9-7-19(8-10(2)25-9)13-11(20(22)23)12(15)17-14(18-13)16-3-5-24-6-4-21/h9-10,21H,3-8H2,1-2H3,(H3,15,16,17,18)/t9-,10-/m1/s1. The number of nitrogens with zero attached hydrogens (tertiary/aromatic N) is 4. The van der Waals surface area contributed by atoms with Crippen molar-refractivity contribution in [1.82, 2.24) is 9.97 Å². The predicted molar refractivity (Wildman–Crippen MR) is 91.7 cm³/mol. The molecule has 2 atom stereocenters. The van der Waals surface area contributed by atoms with E-state index in [4.69, 9.17) is 20.3 Å². The molecule has 2 heterocycles. The molecule has 0 spiro atoms. The number of aromatic nitrogens is 2. The van der Waals surface area contributed by atoms with Crippen molar-refractivity contribution < 1.29 is 19.5 Å². The van der Waals surface area contributed by atoms with Gasteiger partial charge in [0, 0.05) is 19.6 Å². The highest BCUT2D eigenvalue weighted by molar-refractivity contribution is 5.71. The van der Waals surface area contributed by atoms with Gasteiger partial charge in [-0.1, -0.05) is 0 Å². The Hall–Kier alpha value is -2.24. The van der Waals surface area contributed by atoms with Crippen molar-refractivity contribution in [3.05, 3.63) is 10.1 Å². The maximum Gasteiger partial charge on any atom is 0.353 e. The number of rotatable bonds is 8.